The fourth-order valence-electron chi connectivity index (χ4n) is 2.40. The molecule has 0 aliphatic carbocycles. The van der Waals surface area contributed by atoms with Crippen LogP contribution in [0.25, 0.3) is 0 Å². The van der Waals surface area contributed by atoms with Crippen LogP contribution in [0.2, 0.25) is 0 Å². The molecule has 5 nitrogen and oxygen atoms in total. The van der Waals surface area contributed by atoms with E-state index in [1.807, 2.05) is 18.2 Å². The molecule has 5 heteroatoms. The first-order valence-electron chi connectivity index (χ1n) is 6.55. The normalized spacial score (nSPS) is 17.4. The summed E-state index contributed by atoms with van der Waals surface area (Å²) in [6.45, 7) is 2.75. The van der Waals surface area contributed by atoms with E-state index in [0.717, 1.165) is 30.5 Å². The Morgan fingerprint density at radius 2 is 2.11 bits per heavy atom. The molecule has 102 valence electrons. The number of fused-ring (bicyclic) bond motifs is 1. The third kappa shape index (κ3) is 2.70. The van der Waals surface area contributed by atoms with Crippen LogP contribution in [0.3, 0.4) is 0 Å². The van der Waals surface area contributed by atoms with Gasteiger partial charge in [-0.3, -0.25) is 4.79 Å². The minimum atomic E-state index is -1.18. The summed E-state index contributed by atoms with van der Waals surface area (Å²) in [4.78, 5) is 24.8. The van der Waals surface area contributed by atoms with Gasteiger partial charge in [0.2, 0.25) is 0 Å². The van der Waals surface area contributed by atoms with E-state index in [0.29, 0.717) is 6.54 Å². The zero-order chi connectivity index (χ0) is 13.8. The summed E-state index contributed by atoms with van der Waals surface area (Å²) in [5, 5.41) is 11.1. The zero-order valence-corrected chi connectivity index (χ0v) is 10.9. The zero-order valence-electron chi connectivity index (χ0n) is 10.9. The minimum absolute atomic E-state index is 0.181. The molecule has 2 rings (SSSR count). The highest BCUT2D eigenvalue weighted by molar-refractivity contribution is 6.05. The van der Waals surface area contributed by atoms with Crippen molar-refractivity contribution in [1.29, 1.82) is 0 Å². The van der Waals surface area contributed by atoms with Crippen molar-refractivity contribution < 1.29 is 14.7 Å². The molecule has 1 heterocycles. The van der Waals surface area contributed by atoms with Crippen molar-refractivity contribution in [1.82, 2.24) is 5.32 Å². The van der Waals surface area contributed by atoms with Crippen LogP contribution in [0, 0.1) is 0 Å². The van der Waals surface area contributed by atoms with Gasteiger partial charge in [0.1, 0.15) is 6.04 Å². The van der Waals surface area contributed by atoms with E-state index in [1.165, 1.54) is 0 Å². The van der Waals surface area contributed by atoms with Crippen molar-refractivity contribution in [3.63, 3.8) is 0 Å². The number of carbonyl (C=O) groups is 2. The first-order valence-corrected chi connectivity index (χ1v) is 6.55. The number of hydrogen-bond donors (Lipinski definition) is 2. The average Bonchev–Trinajstić information content (AvgIpc) is 2.64. The van der Waals surface area contributed by atoms with Crippen LogP contribution in [0.15, 0.2) is 24.3 Å². The number of nitrogens with zero attached hydrogens (tertiary/aromatic N) is 1. The number of carbonyl (C=O) groups excluding carboxylic acids is 1. The molecule has 1 aromatic carbocycles. The van der Waals surface area contributed by atoms with E-state index in [-0.39, 0.29) is 5.91 Å². The van der Waals surface area contributed by atoms with Crippen LogP contribution >= 0.6 is 0 Å². The fourth-order valence-corrected chi connectivity index (χ4v) is 2.40. The second-order valence-corrected chi connectivity index (χ2v) is 4.64. The lowest BCUT2D eigenvalue weighted by Crippen LogP contribution is -2.37. The number of rotatable bonds is 5. The predicted molar refractivity (Wildman–Crippen MR) is 72.2 cm³/mol. The van der Waals surface area contributed by atoms with Gasteiger partial charge in [-0.15, -0.1) is 0 Å². The molecule has 0 fully saturated rings. The first kappa shape index (κ1) is 13.4. The van der Waals surface area contributed by atoms with Gasteiger partial charge in [0, 0.05) is 17.8 Å². The Hall–Kier alpha value is -2.04. The Kier molecular flexibility index (Phi) is 4.04. The number of anilines is 1. The highest BCUT2D eigenvalue weighted by Gasteiger charge is 2.37. The highest BCUT2D eigenvalue weighted by Crippen LogP contribution is 2.35. The van der Waals surface area contributed by atoms with Crippen molar-refractivity contribution >= 4 is 17.7 Å². The van der Waals surface area contributed by atoms with E-state index in [1.54, 1.807) is 11.0 Å². The minimum Gasteiger partial charge on any atom is -0.465 e. The molecule has 1 aromatic rings. The molecule has 1 atom stereocenters. The molecule has 2 N–H and O–H groups in total. The van der Waals surface area contributed by atoms with Crippen molar-refractivity contribution in [3.05, 3.63) is 29.8 Å². The molecule has 2 amide bonds. The third-order valence-corrected chi connectivity index (χ3v) is 3.30. The van der Waals surface area contributed by atoms with Gasteiger partial charge < -0.3 is 15.3 Å². The van der Waals surface area contributed by atoms with Crippen LogP contribution in [0.5, 0.6) is 0 Å². The maximum atomic E-state index is 12.3. The van der Waals surface area contributed by atoms with E-state index >= 15 is 0 Å². The second-order valence-electron chi connectivity index (χ2n) is 4.64. The Balaban J connectivity index is 2.22. The molecule has 0 aromatic heterocycles. The summed E-state index contributed by atoms with van der Waals surface area (Å²) in [6.07, 6.45) is 1.89. The molecule has 0 saturated carbocycles. The SMILES string of the molecule is CCCCCN1C(=O)C(NC(=O)O)c2ccccc21. The van der Waals surface area contributed by atoms with E-state index < -0.39 is 12.1 Å². The Morgan fingerprint density at radius 3 is 2.79 bits per heavy atom. The van der Waals surface area contributed by atoms with E-state index in [4.69, 9.17) is 5.11 Å². The molecule has 1 aliphatic heterocycles. The average molecular weight is 262 g/mol. The lowest BCUT2D eigenvalue weighted by Gasteiger charge is -2.17. The van der Waals surface area contributed by atoms with Crippen LogP contribution in [-0.4, -0.2) is 23.7 Å². The maximum Gasteiger partial charge on any atom is 0.405 e. The number of nitrogens with one attached hydrogen (secondary N) is 1. The quantitative estimate of drug-likeness (QED) is 0.801. The lowest BCUT2D eigenvalue weighted by molar-refractivity contribution is -0.119. The Bertz CT molecular complexity index is 487. The molecule has 1 unspecified atom stereocenters. The Labute approximate surface area is 112 Å². The number of para-hydroxylation sites is 1. The summed E-state index contributed by atoms with van der Waals surface area (Å²) >= 11 is 0. The number of amides is 2. The number of carboxylic acid groups (broad SMARTS) is 1. The molecule has 0 saturated heterocycles. The van der Waals surface area contributed by atoms with Gasteiger partial charge in [0.05, 0.1) is 0 Å². The molecular weight excluding hydrogens is 244 g/mol. The molecule has 0 radical (unpaired) electrons. The van der Waals surface area contributed by atoms with E-state index in [2.05, 4.69) is 12.2 Å². The molecule has 0 bridgehead atoms. The van der Waals surface area contributed by atoms with Crippen molar-refractivity contribution in [3.8, 4) is 0 Å². The van der Waals surface area contributed by atoms with Crippen LogP contribution < -0.4 is 10.2 Å². The van der Waals surface area contributed by atoms with Gasteiger partial charge in [-0.2, -0.15) is 0 Å². The van der Waals surface area contributed by atoms with Crippen molar-refractivity contribution in [2.24, 2.45) is 0 Å². The standard InChI is InChI=1S/C14H18N2O3/c1-2-3-6-9-16-11-8-5-4-7-10(11)12(13(16)17)15-14(18)19/h4-5,7-8,12,15H,2-3,6,9H2,1H3,(H,18,19). The summed E-state index contributed by atoms with van der Waals surface area (Å²) in [6, 6.07) is 6.58. The maximum absolute atomic E-state index is 12.3. The number of hydrogen-bond acceptors (Lipinski definition) is 2. The van der Waals surface area contributed by atoms with Crippen LogP contribution in [-0.2, 0) is 4.79 Å². The van der Waals surface area contributed by atoms with Crippen LogP contribution in [0.1, 0.15) is 37.8 Å². The summed E-state index contributed by atoms with van der Waals surface area (Å²) in [5.74, 6) is -0.181. The molecule has 19 heavy (non-hydrogen) atoms. The molecule has 0 spiro atoms. The summed E-state index contributed by atoms with van der Waals surface area (Å²) in [7, 11) is 0. The Morgan fingerprint density at radius 1 is 1.37 bits per heavy atom. The molecule has 1 aliphatic rings. The van der Waals surface area contributed by atoms with Crippen LogP contribution in [0.4, 0.5) is 10.5 Å². The number of benzene rings is 1. The summed E-state index contributed by atoms with van der Waals surface area (Å²) in [5.41, 5.74) is 1.56. The van der Waals surface area contributed by atoms with Gasteiger partial charge in [0.15, 0.2) is 0 Å². The van der Waals surface area contributed by atoms with Crippen molar-refractivity contribution in [2.45, 2.75) is 32.2 Å². The predicted octanol–water partition coefficient (Wildman–Crippen LogP) is 2.53. The second kappa shape index (κ2) is 5.73. The number of unbranched alkanes of at least 4 members (excludes halogenated alkanes) is 2. The van der Waals surface area contributed by atoms with Gasteiger partial charge >= 0.3 is 6.09 Å². The lowest BCUT2D eigenvalue weighted by atomic mass is 10.1. The summed E-state index contributed by atoms with van der Waals surface area (Å²) < 4.78 is 0. The highest BCUT2D eigenvalue weighted by atomic mass is 16.4. The van der Waals surface area contributed by atoms with Gasteiger partial charge in [-0.05, 0) is 12.5 Å². The van der Waals surface area contributed by atoms with Gasteiger partial charge in [0.25, 0.3) is 5.91 Å². The van der Waals surface area contributed by atoms with Crippen molar-refractivity contribution in [2.75, 3.05) is 11.4 Å². The molecular formula is C14H18N2O3. The first-order chi connectivity index (χ1) is 9.15. The monoisotopic (exact) mass is 262 g/mol. The topological polar surface area (TPSA) is 69.6 Å². The largest absolute Gasteiger partial charge is 0.465 e. The van der Waals surface area contributed by atoms with Gasteiger partial charge in [-0.25, -0.2) is 4.79 Å². The third-order valence-electron chi connectivity index (χ3n) is 3.30. The van der Waals surface area contributed by atoms with E-state index in [9.17, 15) is 9.59 Å². The fraction of sp³-hybridized carbons (Fsp3) is 0.429. The smallest absolute Gasteiger partial charge is 0.405 e. The van der Waals surface area contributed by atoms with Gasteiger partial charge in [-0.1, -0.05) is 38.0 Å².